The number of nitrogens with zero attached hydrogens (tertiary/aromatic N) is 2. The first kappa shape index (κ1) is 11.7. The van der Waals surface area contributed by atoms with Gasteiger partial charge in [0.15, 0.2) is 5.69 Å². The zero-order valence-electron chi connectivity index (χ0n) is 8.88. The lowest BCUT2D eigenvalue weighted by Crippen LogP contribution is -2.12. The number of amides is 1. The van der Waals surface area contributed by atoms with Crippen molar-refractivity contribution in [3.8, 4) is 0 Å². The van der Waals surface area contributed by atoms with Gasteiger partial charge < -0.3 is 15.4 Å². The van der Waals surface area contributed by atoms with Crippen LogP contribution in [-0.2, 0) is 0 Å². The summed E-state index contributed by atoms with van der Waals surface area (Å²) in [6.07, 6.45) is 0. The SMILES string of the molecule is O=C(Nc1cccc(F)c1)c1cc([N+](=O)[O-])[nH]n1. The number of hydrogen-bond donors (Lipinski definition) is 2. The molecule has 8 heteroatoms. The summed E-state index contributed by atoms with van der Waals surface area (Å²) in [4.78, 5) is 21.3. The van der Waals surface area contributed by atoms with Crippen molar-refractivity contribution in [1.29, 1.82) is 0 Å². The number of rotatable bonds is 3. The van der Waals surface area contributed by atoms with Crippen molar-refractivity contribution in [2.75, 3.05) is 5.32 Å². The maximum absolute atomic E-state index is 12.9. The van der Waals surface area contributed by atoms with Crippen LogP contribution in [0.2, 0.25) is 0 Å². The monoisotopic (exact) mass is 250 g/mol. The Morgan fingerprint density at radius 2 is 2.22 bits per heavy atom. The Kier molecular flexibility index (Phi) is 3.00. The highest BCUT2D eigenvalue weighted by Gasteiger charge is 2.16. The topological polar surface area (TPSA) is 101 Å². The summed E-state index contributed by atoms with van der Waals surface area (Å²) in [5.41, 5.74) is 0.0941. The Hall–Kier alpha value is -2.77. The smallest absolute Gasteiger partial charge is 0.343 e. The minimum atomic E-state index is -0.702. The van der Waals surface area contributed by atoms with E-state index < -0.39 is 16.6 Å². The van der Waals surface area contributed by atoms with Gasteiger partial charge in [0.1, 0.15) is 5.82 Å². The Bertz CT molecular complexity index is 611. The molecule has 0 fully saturated rings. The highest BCUT2D eigenvalue weighted by atomic mass is 19.1. The molecule has 2 aromatic rings. The highest BCUT2D eigenvalue weighted by molar-refractivity contribution is 6.03. The van der Waals surface area contributed by atoms with Gasteiger partial charge in [-0.3, -0.25) is 4.79 Å². The minimum absolute atomic E-state index is 0.147. The first-order valence-electron chi connectivity index (χ1n) is 4.83. The minimum Gasteiger partial charge on any atom is -0.358 e. The van der Waals surface area contributed by atoms with E-state index in [1.165, 1.54) is 18.2 Å². The fourth-order valence-electron chi connectivity index (χ4n) is 1.28. The van der Waals surface area contributed by atoms with Crippen LogP contribution in [0.3, 0.4) is 0 Å². The first-order chi connectivity index (χ1) is 8.56. The van der Waals surface area contributed by atoms with E-state index in [-0.39, 0.29) is 17.2 Å². The van der Waals surface area contributed by atoms with Crippen molar-refractivity contribution >= 4 is 17.4 Å². The molecular weight excluding hydrogens is 243 g/mol. The quantitative estimate of drug-likeness (QED) is 0.639. The number of halogens is 1. The molecule has 1 amide bonds. The number of aromatic nitrogens is 2. The van der Waals surface area contributed by atoms with E-state index in [2.05, 4.69) is 15.5 Å². The molecule has 0 radical (unpaired) electrons. The predicted molar refractivity (Wildman–Crippen MR) is 59.6 cm³/mol. The number of carbonyl (C=O) groups is 1. The number of nitro groups is 1. The largest absolute Gasteiger partial charge is 0.358 e. The van der Waals surface area contributed by atoms with Crippen LogP contribution in [-0.4, -0.2) is 21.0 Å². The van der Waals surface area contributed by atoms with E-state index in [1.54, 1.807) is 0 Å². The zero-order valence-corrected chi connectivity index (χ0v) is 8.88. The lowest BCUT2D eigenvalue weighted by Gasteiger charge is -2.01. The molecule has 18 heavy (non-hydrogen) atoms. The maximum Gasteiger partial charge on any atom is 0.343 e. The number of benzene rings is 1. The third-order valence-electron chi connectivity index (χ3n) is 2.08. The van der Waals surface area contributed by atoms with Gasteiger partial charge in [-0.05, 0) is 23.1 Å². The van der Waals surface area contributed by atoms with Crippen LogP contribution in [0.25, 0.3) is 0 Å². The molecule has 0 saturated carbocycles. The summed E-state index contributed by atoms with van der Waals surface area (Å²) in [7, 11) is 0. The second kappa shape index (κ2) is 4.62. The molecule has 0 bridgehead atoms. The van der Waals surface area contributed by atoms with Gasteiger partial charge in [0.25, 0.3) is 5.91 Å². The number of aromatic amines is 1. The fourth-order valence-corrected chi connectivity index (χ4v) is 1.28. The van der Waals surface area contributed by atoms with E-state index in [0.717, 1.165) is 12.1 Å². The molecule has 2 rings (SSSR count). The van der Waals surface area contributed by atoms with Crippen LogP contribution >= 0.6 is 0 Å². The van der Waals surface area contributed by atoms with Gasteiger partial charge in [0.05, 0.1) is 6.07 Å². The molecule has 0 atom stereocenters. The first-order valence-corrected chi connectivity index (χ1v) is 4.83. The number of hydrogen-bond acceptors (Lipinski definition) is 4. The molecule has 0 aliphatic carbocycles. The van der Waals surface area contributed by atoms with Crippen molar-refractivity contribution in [3.63, 3.8) is 0 Å². The molecule has 7 nitrogen and oxygen atoms in total. The van der Waals surface area contributed by atoms with Crippen molar-refractivity contribution in [2.45, 2.75) is 0 Å². The van der Waals surface area contributed by atoms with Crippen LogP contribution < -0.4 is 5.32 Å². The van der Waals surface area contributed by atoms with Gasteiger partial charge in [0.2, 0.25) is 0 Å². The third kappa shape index (κ3) is 2.48. The van der Waals surface area contributed by atoms with E-state index in [9.17, 15) is 19.3 Å². The fraction of sp³-hybridized carbons (Fsp3) is 0. The average molecular weight is 250 g/mol. The van der Waals surface area contributed by atoms with Crippen molar-refractivity contribution < 1.29 is 14.1 Å². The molecule has 0 aliphatic rings. The van der Waals surface area contributed by atoms with Crippen molar-refractivity contribution in [2.24, 2.45) is 0 Å². The summed E-state index contributed by atoms with van der Waals surface area (Å²) in [6.45, 7) is 0. The van der Waals surface area contributed by atoms with Gasteiger partial charge >= 0.3 is 5.82 Å². The second-order valence-electron chi connectivity index (χ2n) is 3.36. The Morgan fingerprint density at radius 1 is 1.44 bits per heavy atom. The van der Waals surface area contributed by atoms with E-state index in [1.807, 2.05) is 0 Å². The lowest BCUT2D eigenvalue weighted by atomic mass is 10.3. The van der Waals surface area contributed by atoms with Crippen LogP contribution in [0.5, 0.6) is 0 Å². The maximum atomic E-state index is 12.9. The van der Waals surface area contributed by atoms with E-state index in [4.69, 9.17) is 0 Å². The normalized spacial score (nSPS) is 10.1. The molecule has 0 unspecified atom stereocenters. The number of anilines is 1. The summed E-state index contributed by atoms with van der Waals surface area (Å²) in [5, 5.41) is 18.3. The van der Waals surface area contributed by atoms with Gasteiger partial charge in [0, 0.05) is 5.69 Å². The second-order valence-corrected chi connectivity index (χ2v) is 3.36. The van der Waals surface area contributed by atoms with Gasteiger partial charge in [-0.25, -0.2) is 4.39 Å². The van der Waals surface area contributed by atoms with Gasteiger partial charge in [-0.15, -0.1) is 5.10 Å². The summed E-state index contributed by atoms with van der Waals surface area (Å²) < 4.78 is 12.9. The van der Waals surface area contributed by atoms with Gasteiger partial charge in [-0.2, -0.15) is 0 Å². The molecule has 1 aromatic carbocycles. The highest BCUT2D eigenvalue weighted by Crippen LogP contribution is 2.12. The number of nitrogens with one attached hydrogen (secondary N) is 2. The molecule has 1 heterocycles. The van der Waals surface area contributed by atoms with Crippen molar-refractivity contribution in [1.82, 2.24) is 10.2 Å². The summed E-state index contributed by atoms with van der Waals surface area (Å²) >= 11 is 0. The van der Waals surface area contributed by atoms with E-state index in [0.29, 0.717) is 0 Å². The molecule has 2 N–H and O–H groups in total. The molecular formula is C10H7FN4O3. The van der Waals surface area contributed by atoms with E-state index >= 15 is 0 Å². The average Bonchev–Trinajstić information content (AvgIpc) is 2.78. The molecule has 0 spiro atoms. The third-order valence-corrected chi connectivity index (χ3v) is 2.08. The Morgan fingerprint density at radius 3 is 2.83 bits per heavy atom. The molecule has 0 saturated heterocycles. The summed E-state index contributed by atoms with van der Waals surface area (Å²) in [5.74, 6) is -1.55. The molecule has 0 aliphatic heterocycles. The lowest BCUT2D eigenvalue weighted by molar-refractivity contribution is -0.389. The zero-order chi connectivity index (χ0) is 13.1. The van der Waals surface area contributed by atoms with Crippen LogP contribution in [0.1, 0.15) is 10.5 Å². The summed E-state index contributed by atoms with van der Waals surface area (Å²) in [6, 6.07) is 6.27. The predicted octanol–water partition coefficient (Wildman–Crippen LogP) is 1.71. The van der Waals surface area contributed by atoms with Crippen molar-refractivity contribution in [3.05, 3.63) is 52.0 Å². The number of H-pyrrole nitrogens is 1. The van der Waals surface area contributed by atoms with Crippen LogP contribution in [0, 0.1) is 15.9 Å². The van der Waals surface area contributed by atoms with Crippen LogP contribution in [0.15, 0.2) is 30.3 Å². The molecule has 1 aromatic heterocycles. The number of carbonyl (C=O) groups excluding carboxylic acids is 1. The Balaban J connectivity index is 2.14. The van der Waals surface area contributed by atoms with Crippen LogP contribution in [0.4, 0.5) is 15.9 Å². The van der Waals surface area contributed by atoms with Gasteiger partial charge in [-0.1, -0.05) is 11.2 Å². The molecule has 92 valence electrons. The standard InChI is InChI=1S/C10H7FN4O3/c11-6-2-1-3-7(4-6)12-10(16)8-5-9(14-13-8)15(17)18/h1-5H,(H,12,16)(H,13,14). The Labute approximate surface area is 99.8 Å².